The molecular weight excluding hydrogens is 609 g/mol. The van der Waals surface area contributed by atoms with Crippen LogP contribution in [0.2, 0.25) is 0 Å². The van der Waals surface area contributed by atoms with E-state index >= 15 is 0 Å². The first-order chi connectivity index (χ1) is 19.9. The van der Waals surface area contributed by atoms with Gasteiger partial charge in [-0.3, -0.25) is 0 Å². The molecule has 0 atom stereocenters. The molecule has 218 valence electrons. The summed E-state index contributed by atoms with van der Waals surface area (Å²) >= 11 is 0. The molecule has 0 aliphatic heterocycles. The van der Waals surface area contributed by atoms with Crippen molar-refractivity contribution in [1.82, 2.24) is 18.5 Å². The Labute approximate surface area is 269 Å². The minimum atomic E-state index is -4.63. The van der Waals surface area contributed by atoms with Crippen molar-refractivity contribution in [2.24, 2.45) is 0 Å². The van der Waals surface area contributed by atoms with Crippen molar-refractivity contribution in [2.75, 3.05) is 25.1 Å². The van der Waals surface area contributed by atoms with Crippen LogP contribution in [0.4, 0.5) is 5.82 Å². The number of hydrogen-bond acceptors (Lipinski definition) is 10. The van der Waals surface area contributed by atoms with E-state index in [4.69, 9.17) is 9.47 Å². The fourth-order valence-corrected chi connectivity index (χ4v) is 7.43. The Kier molecular flexibility index (Phi) is 9.22. The third kappa shape index (κ3) is 5.99. The van der Waals surface area contributed by atoms with Crippen molar-refractivity contribution in [3.05, 3.63) is 84.8 Å². The van der Waals surface area contributed by atoms with Crippen molar-refractivity contribution in [3.8, 4) is 17.2 Å². The molecule has 0 aliphatic carbocycles. The zero-order valence-corrected chi connectivity index (χ0v) is 27.2. The average Bonchev–Trinajstić information content (AvgIpc) is 3.65. The van der Waals surface area contributed by atoms with Crippen LogP contribution in [0.15, 0.2) is 89.3 Å². The van der Waals surface area contributed by atoms with Gasteiger partial charge in [0, 0.05) is 36.9 Å². The number of imidazole rings is 1. The Bertz CT molecular complexity index is 2010. The van der Waals surface area contributed by atoms with Crippen LogP contribution in [0, 0.1) is 6.92 Å². The van der Waals surface area contributed by atoms with Gasteiger partial charge >= 0.3 is 29.6 Å². The van der Waals surface area contributed by atoms with Crippen molar-refractivity contribution >= 4 is 42.9 Å². The summed E-state index contributed by atoms with van der Waals surface area (Å²) in [5.74, 6) is -0.957. The first-order valence-electron chi connectivity index (χ1n) is 12.3. The van der Waals surface area contributed by atoms with E-state index in [2.05, 4.69) is 9.97 Å². The van der Waals surface area contributed by atoms with Crippen molar-refractivity contribution in [2.45, 2.75) is 17.0 Å². The molecule has 16 heteroatoms. The number of carboxylic acids is 1. The molecule has 3 heterocycles. The fourth-order valence-electron chi connectivity index (χ4n) is 4.32. The molecule has 0 bridgehead atoms. The Morgan fingerprint density at radius 2 is 1.70 bits per heavy atom. The molecule has 2 aromatic carbocycles. The monoisotopic (exact) mass is 633 g/mol. The molecule has 0 saturated carbocycles. The summed E-state index contributed by atoms with van der Waals surface area (Å²) in [6, 6.07) is 14.7. The first-order valence-corrected chi connectivity index (χ1v) is 15.2. The van der Waals surface area contributed by atoms with Gasteiger partial charge in [0.05, 0.1) is 29.0 Å². The van der Waals surface area contributed by atoms with Crippen LogP contribution in [-0.2, 0) is 24.8 Å². The summed E-state index contributed by atoms with van der Waals surface area (Å²) in [5, 5.41) is 9.95. The van der Waals surface area contributed by atoms with Gasteiger partial charge in [-0.2, -0.15) is 8.42 Å². The summed E-state index contributed by atoms with van der Waals surface area (Å²) in [7, 11) is -6.53. The number of carbonyl (C=O) groups excluding carboxylic acids is 1. The molecule has 0 amide bonds. The predicted molar refractivity (Wildman–Crippen MR) is 150 cm³/mol. The summed E-state index contributed by atoms with van der Waals surface area (Å²) in [6.45, 7) is 0.898. The van der Waals surface area contributed by atoms with Crippen LogP contribution in [-0.4, -0.2) is 62.1 Å². The molecule has 0 fully saturated rings. The van der Waals surface area contributed by atoms with Crippen LogP contribution in [0.1, 0.15) is 5.56 Å². The molecule has 0 saturated heterocycles. The Morgan fingerprint density at radius 3 is 2.33 bits per heavy atom. The number of hydrogen-bond donors (Lipinski definition) is 0. The van der Waals surface area contributed by atoms with Crippen LogP contribution >= 0.6 is 0 Å². The fraction of sp³-hybridized carbons (Fsp3) is 0.148. The number of sulfonamides is 1. The second kappa shape index (κ2) is 12.4. The number of aromatic nitrogens is 4. The van der Waals surface area contributed by atoms with Crippen molar-refractivity contribution in [3.63, 3.8) is 0 Å². The molecule has 5 rings (SSSR count). The van der Waals surface area contributed by atoms with Gasteiger partial charge in [-0.05, 0) is 67.6 Å². The number of carbonyl (C=O) groups is 1. The Balaban J connectivity index is 0.00000423. The summed E-state index contributed by atoms with van der Waals surface area (Å²) in [5.41, 5.74) is 1.18. The van der Waals surface area contributed by atoms with E-state index in [9.17, 15) is 26.7 Å². The molecule has 3 aromatic heterocycles. The van der Waals surface area contributed by atoms with Gasteiger partial charge in [-0.15, -0.1) is 0 Å². The number of fused-ring (bicyclic) bond motifs is 1. The van der Waals surface area contributed by atoms with Gasteiger partial charge in [-0.25, -0.2) is 26.7 Å². The second-order valence-electron chi connectivity index (χ2n) is 8.99. The minimum absolute atomic E-state index is 0. The number of methoxy groups -OCH3 is 1. The van der Waals surface area contributed by atoms with Crippen LogP contribution < -0.4 is 48.4 Å². The maximum absolute atomic E-state index is 14.1. The average molecular weight is 634 g/mol. The zero-order valence-electron chi connectivity index (χ0n) is 23.5. The topological polar surface area (TPSA) is 166 Å². The maximum Gasteiger partial charge on any atom is 1.00 e. The Morgan fingerprint density at radius 1 is 1.02 bits per heavy atom. The molecule has 0 N–H and O–H groups in total. The SMILES string of the molecule is COc1ccnc(N(C)S(=O)(=O)c2nc3cc(-n4cccc4)ccc3n2S(=O)(=O)c2ccc(OCC(=O)[O-])cc2)c1C.[Na+]. The van der Waals surface area contributed by atoms with Crippen LogP contribution in [0.5, 0.6) is 11.5 Å². The molecule has 0 radical (unpaired) electrons. The van der Waals surface area contributed by atoms with Gasteiger partial charge in [0.15, 0.2) is 0 Å². The normalized spacial score (nSPS) is 11.6. The van der Waals surface area contributed by atoms with Gasteiger partial charge in [0.2, 0.25) is 0 Å². The van der Waals surface area contributed by atoms with E-state index in [1.807, 2.05) is 12.1 Å². The van der Waals surface area contributed by atoms with Gasteiger partial charge in [0.25, 0.3) is 25.2 Å². The summed E-state index contributed by atoms with van der Waals surface area (Å²) < 4.78 is 69.9. The number of pyridine rings is 1. The minimum Gasteiger partial charge on any atom is -0.546 e. The van der Waals surface area contributed by atoms with Crippen molar-refractivity contribution in [1.29, 1.82) is 0 Å². The quantitative estimate of drug-likeness (QED) is 0.169. The molecule has 5 aromatic rings. The largest absolute Gasteiger partial charge is 1.00 e. The number of aliphatic carboxylic acids is 1. The summed E-state index contributed by atoms with van der Waals surface area (Å²) in [4.78, 5) is 18.9. The van der Waals surface area contributed by atoms with E-state index in [1.54, 1.807) is 42.1 Å². The molecule has 13 nitrogen and oxygen atoms in total. The van der Waals surface area contributed by atoms with E-state index in [1.165, 1.54) is 50.7 Å². The number of benzene rings is 2. The number of anilines is 1. The third-order valence-electron chi connectivity index (χ3n) is 6.43. The number of rotatable bonds is 10. The van der Waals surface area contributed by atoms with E-state index in [0.29, 0.717) is 21.0 Å². The smallest absolute Gasteiger partial charge is 0.546 e. The molecule has 0 spiro atoms. The molecule has 0 aliphatic rings. The standard InChI is InChI=1S/C27H25N5O8S2.Na/c1-18-24(39-3)12-13-28-26(18)30(2)42(37,38)27-29-22-16-19(31-14-4-5-15-31)6-11-23(22)32(27)41(35,36)21-9-7-20(8-10-21)40-17-25(33)34;/h4-16H,17H2,1-3H3,(H,33,34);/q;+1/p-1. The maximum atomic E-state index is 14.1. The molecular formula is C27H24N5NaO8S2. The van der Waals surface area contributed by atoms with E-state index in [0.717, 1.165) is 4.31 Å². The van der Waals surface area contributed by atoms with E-state index < -0.39 is 37.8 Å². The van der Waals surface area contributed by atoms with Gasteiger partial charge < -0.3 is 23.9 Å². The van der Waals surface area contributed by atoms with Gasteiger partial charge in [0.1, 0.15) is 23.9 Å². The van der Waals surface area contributed by atoms with Gasteiger partial charge in [-0.1, -0.05) is 0 Å². The number of ether oxygens (including phenoxy) is 2. The summed E-state index contributed by atoms with van der Waals surface area (Å²) in [6.07, 6.45) is 4.93. The predicted octanol–water partition coefficient (Wildman–Crippen LogP) is -1.27. The van der Waals surface area contributed by atoms with Crippen LogP contribution in [0.25, 0.3) is 16.7 Å². The Hall–Kier alpha value is -3.89. The number of carboxylic acid groups (broad SMARTS) is 1. The van der Waals surface area contributed by atoms with Crippen LogP contribution in [0.3, 0.4) is 0 Å². The first kappa shape index (κ1) is 32.0. The molecule has 0 unspecified atom stereocenters. The zero-order chi connectivity index (χ0) is 30.2. The number of nitrogens with zero attached hydrogens (tertiary/aromatic N) is 5. The second-order valence-corrected chi connectivity index (χ2v) is 12.6. The van der Waals surface area contributed by atoms with Crippen molar-refractivity contribution < 1.29 is 65.8 Å². The third-order valence-corrected chi connectivity index (χ3v) is 9.89. The molecule has 43 heavy (non-hydrogen) atoms. The van der Waals surface area contributed by atoms with E-state index in [-0.39, 0.29) is 57.1 Å².